The van der Waals surface area contributed by atoms with E-state index in [0.29, 0.717) is 24.1 Å². The van der Waals surface area contributed by atoms with E-state index in [2.05, 4.69) is 50.3 Å². The maximum absolute atomic E-state index is 12.6. The van der Waals surface area contributed by atoms with Gasteiger partial charge in [0.25, 0.3) is 0 Å². The summed E-state index contributed by atoms with van der Waals surface area (Å²) in [6, 6.07) is 0. The molecule has 0 bridgehead atoms. The van der Waals surface area contributed by atoms with Crippen molar-refractivity contribution in [1.29, 1.82) is 0 Å². The van der Waals surface area contributed by atoms with Gasteiger partial charge in [-0.05, 0) is 38.5 Å². The Morgan fingerprint density at radius 2 is 1.12 bits per heavy atom. The van der Waals surface area contributed by atoms with E-state index in [0.717, 1.165) is 38.5 Å². The number of quaternary nitrogens is 1. The Morgan fingerprint density at radius 3 is 1.62 bits per heavy atom. The minimum absolute atomic E-state index is 0.0757. The Labute approximate surface area is 308 Å². The van der Waals surface area contributed by atoms with Crippen LogP contribution in [0, 0.1) is 0 Å². The Hall–Kier alpha value is -1.54. The van der Waals surface area contributed by atoms with E-state index in [1.807, 2.05) is 33.3 Å². The number of likely N-dealkylation sites (N-methyl/N-ethyl adjacent to an activating group) is 1. The fourth-order valence-corrected chi connectivity index (χ4v) is 5.84. The predicted octanol–water partition coefficient (Wildman–Crippen LogP) is 11.2. The highest BCUT2D eigenvalue weighted by molar-refractivity contribution is 7.47. The van der Waals surface area contributed by atoms with Gasteiger partial charge in [0.15, 0.2) is 0 Å². The van der Waals surface area contributed by atoms with E-state index in [9.17, 15) is 14.3 Å². The van der Waals surface area contributed by atoms with E-state index in [1.54, 1.807) is 0 Å². The molecule has 0 rings (SSSR count). The molecule has 0 aromatic carbocycles. The second-order valence-electron chi connectivity index (χ2n) is 14.3. The number of ether oxygens (including phenoxy) is 2. The molecule has 0 saturated carbocycles. The van der Waals surface area contributed by atoms with Gasteiger partial charge in [-0.25, -0.2) is 4.57 Å². The van der Waals surface area contributed by atoms with Gasteiger partial charge in [0.05, 0.1) is 34.4 Å². The zero-order valence-electron chi connectivity index (χ0n) is 32.9. The van der Waals surface area contributed by atoms with Gasteiger partial charge in [0.2, 0.25) is 0 Å². The summed E-state index contributed by atoms with van der Waals surface area (Å²) in [7, 11) is 1.62. The second kappa shape index (κ2) is 34.5. The molecule has 0 aromatic rings. The lowest BCUT2D eigenvalue weighted by Crippen LogP contribution is -2.37. The monoisotopic (exact) mass is 727 g/mol. The van der Waals surface area contributed by atoms with Crippen molar-refractivity contribution in [1.82, 2.24) is 0 Å². The normalized spacial score (nSPS) is 14.4. The largest absolute Gasteiger partial charge is 0.472 e. The summed E-state index contributed by atoms with van der Waals surface area (Å²) in [5, 5.41) is 0. The van der Waals surface area contributed by atoms with Gasteiger partial charge >= 0.3 is 13.8 Å². The molecule has 0 aliphatic heterocycles. The van der Waals surface area contributed by atoms with Crippen LogP contribution in [0.25, 0.3) is 0 Å². The summed E-state index contributed by atoms with van der Waals surface area (Å²) in [5.41, 5.74) is 0. The van der Waals surface area contributed by atoms with E-state index in [4.69, 9.17) is 18.5 Å². The van der Waals surface area contributed by atoms with Crippen LogP contribution in [-0.4, -0.2) is 75.6 Å². The quantitative estimate of drug-likeness (QED) is 0.0226. The van der Waals surface area contributed by atoms with Crippen molar-refractivity contribution in [3.05, 3.63) is 48.6 Å². The zero-order chi connectivity index (χ0) is 37.0. The number of carbonyl (C=O) groups excluding carboxylic acids is 1. The molecule has 2 atom stereocenters. The molecule has 292 valence electrons. The minimum atomic E-state index is -4.29. The number of phosphoric acid groups is 1. The highest BCUT2D eigenvalue weighted by atomic mass is 31.2. The van der Waals surface area contributed by atoms with Gasteiger partial charge in [-0.1, -0.05) is 152 Å². The van der Waals surface area contributed by atoms with Crippen molar-refractivity contribution in [2.75, 3.05) is 54.1 Å². The summed E-state index contributed by atoms with van der Waals surface area (Å²) >= 11 is 0. The first-order valence-corrected chi connectivity index (χ1v) is 21.4. The molecule has 0 radical (unpaired) electrons. The van der Waals surface area contributed by atoms with Gasteiger partial charge in [-0.15, -0.1) is 0 Å². The molecule has 0 heterocycles. The second-order valence-corrected chi connectivity index (χ2v) is 15.7. The molecule has 0 amide bonds. The fraction of sp³-hybridized carbons (Fsp3) is 0.780. The van der Waals surface area contributed by atoms with Gasteiger partial charge in [0, 0.05) is 13.0 Å². The Morgan fingerprint density at radius 1 is 0.640 bits per heavy atom. The third kappa shape index (κ3) is 37.7. The van der Waals surface area contributed by atoms with Gasteiger partial charge in [-0.2, -0.15) is 0 Å². The molecule has 2 unspecified atom stereocenters. The number of nitrogens with zero attached hydrogens (tertiary/aromatic N) is 1. The van der Waals surface area contributed by atoms with Gasteiger partial charge in [0.1, 0.15) is 19.3 Å². The third-order valence-corrected chi connectivity index (χ3v) is 9.15. The van der Waals surface area contributed by atoms with Crippen molar-refractivity contribution >= 4 is 13.8 Å². The van der Waals surface area contributed by atoms with Gasteiger partial charge < -0.3 is 18.9 Å². The maximum Gasteiger partial charge on any atom is 0.472 e. The van der Waals surface area contributed by atoms with Crippen LogP contribution in [0.2, 0.25) is 0 Å². The number of hydrogen-bond acceptors (Lipinski definition) is 6. The van der Waals surface area contributed by atoms with Crippen molar-refractivity contribution in [3.63, 3.8) is 0 Å². The number of rotatable bonds is 36. The highest BCUT2D eigenvalue weighted by Crippen LogP contribution is 2.43. The molecule has 0 saturated heterocycles. The zero-order valence-corrected chi connectivity index (χ0v) is 33.8. The Balaban J connectivity index is 4.37. The number of allylic oxidation sites excluding steroid dienone is 8. The van der Waals surface area contributed by atoms with Crippen LogP contribution >= 0.6 is 7.82 Å². The van der Waals surface area contributed by atoms with E-state index < -0.39 is 19.9 Å². The SMILES string of the molecule is CC/C=C\C/C=C\C/C=C\C/C=C\CCC(=O)OC(COCCCCCCCCCCCCCCCCC)COP(=O)(O)OCC[N+](C)(C)C. The molecule has 9 heteroatoms. The van der Waals surface area contributed by atoms with Crippen LogP contribution in [-0.2, 0) is 27.9 Å². The van der Waals surface area contributed by atoms with Crippen molar-refractivity contribution in [2.24, 2.45) is 0 Å². The number of phosphoric ester groups is 1. The van der Waals surface area contributed by atoms with Crippen LogP contribution in [0.5, 0.6) is 0 Å². The molecule has 0 fully saturated rings. The Kier molecular flexibility index (Phi) is 33.5. The number of unbranched alkanes of at least 4 members (excludes halogenated alkanes) is 14. The van der Waals surface area contributed by atoms with Crippen LogP contribution < -0.4 is 0 Å². The first-order chi connectivity index (χ1) is 24.1. The smallest absolute Gasteiger partial charge is 0.457 e. The molecule has 8 nitrogen and oxygen atoms in total. The van der Waals surface area contributed by atoms with E-state index in [1.165, 1.54) is 83.5 Å². The number of esters is 1. The third-order valence-electron chi connectivity index (χ3n) is 8.17. The van der Waals surface area contributed by atoms with E-state index in [-0.39, 0.29) is 26.2 Å². The standard InChI is InChI=1S/C41H76NO7P/c1-6-8-10-12-14-16-18-20-21-23-25-27-29-31-33-36-46-38-40(39-48-50(44,45)47-37-35-42(3,4)5)49-41(43)34-32-30-28-26-24-22-19-17-15-13-11-9-7-2/h9,11,15,17,22,24,28,30,40H,6-8,10,12-14,16,18-21,23,25-27,29,31-39H2,1-5H3/p+1/b11-9-,17-15-,24-22-,30-28-. The lowest BCUT2D eigenvalue weighted by Gasteiger charge is -2.24. The summed E-state index contributed by atoms with van der Waals surface area (Å²) in [5.74, 6) is -0.393. The first kappa shape index (κ1) is 48.5. The lowest BCUT2D eigenvalue weighted by atomic mass is 10.0. The van der Waals surface area contributed by atoms with E-state index >= 15 is 0 Å². The average molecular weight is 727 g/mol. The van der Waals surface area contributed by atoms with Gasteiger partial charge in [-0.3, -0.25) is 13.8 Å². The summed E-state index contributed by atoms with van der Waals surface area (Å²) in [6.45, 7) is 5.40. The number of hydrogen-bond donors (Lipinski definition) is 1. The molecule has 0 aliphatic carbocycles. The molecular weight excluding hydrogens is 649 g/mol. The molecule has 0 aliphatic rings. The lowest BCUT2D eigenvalue weighted by molar-refractivity contribution is -0.870. The first-order valence-electron chi connectivity index (χ1n) is 19.9. The fourth-order valence-electron chi connectivity index (χ4n) is 5.09. The van der Waals surface area contributed by atoms with Crippen molar-refractivity contribution in [2.45, 2.75) is 155 Å². The highest BCUT2D eigenvalue weighted by Gasteiger charge is 2.26. The maximum atomic E-state index is 12.6. The molecule has 50 heavy (non-hydrogen) atoms. The molecule has 0 spiro atoms. The predicted molar refractivity (Wildman–Crippen MR) is 210 cm³/mol. The molecule has 0 aromatic heterocycles. The molecular formula is C41H77NO7P+. The minimum Gasteiger partial charge on any atom is -0.457 e. The summed E-state index contributed by atoms with van der Waals surface area (Å²) in [4.78, 5) is 22.7. The Bertz CT molecular complexity index is 942. The summed E-state index contributed by atoms with van der Waals surface area (Å²) in [6.07, 6.45) is 40.2. The van der Waals surface area contributed by atoms with Crippen LogP contribution in [0.4, 0.5) is 0 Å². The summed E-state index contributed by atoms with van der Waals surface area (Å²) < 4.78 is 34.8. The van der Waals surface area contributed by atoms with Crippen LogP contribution in [0.15, 0.2) is 48.6 Å². The number of carbonyl (C=O) groups is 1. The topological polar surface area (TPSA) is 91.3 Å². The molecule has 1 N–H and O–H groups in total. The van der Waals surface area contributed by atoms with Crippen molar-refractivity contribution in [3.8, 4) is 0 Å². The average Bonchev–Trinajstić information content (AvgIpc) is 3.06. The van der Waals surface area contributed by atoms with Crippen LogP contribution in [0.3, 0.4) is 0 Å². The van der Waals surface area contributed by atoms with Crippen LogP contribution in [0.1, 0.15) is 149 Å². The van der Waals surface area contributed by atoms with Crippen molar-refractivity contribution < 1.29 is 37.3 Å².